The normalized spacial score (nSPS) is 17.2. The zero-order valence-electron chi connectivity index (χ0n) is 21.3. The Morgan fingerprint density at radius 2 is 1.64 bits per heavy atom. The molecule has 184 valence electrons. The van der Waals surface area contributed by atoms with Crippen LogP contribution in [0.1, 0.15) is 34.7 Å². The second kappa shape index (κ2) is 9.66. The summed E-state index contributed by atoms with van der Waals surface area (Å²) in [5.41, 5.74) is 7.85. The second-order valence-electron chi connectivity index (χ2n) is 9.27. The van der Waals surface area contributed by atoms with Gasteiger partial charge in [0.25, 0.3) is 0 Å². The maximum atomic E-state index is 5.90. The van der Waals surface area contributed by atoms with Crippen molar-refractivity contribution in [2.45, 2.75) is 25.9 Å². The molecule has 3 heterocycles. The summed E-state index contributed by atoms with van der Waals surface area (Å²) in [5.74, 6) is 0.814. The minimum Gasteiger partial charge on any atom is -0.497 e. The Bertz CT molecular complexity index is 1360. The molecule has 0 spiro atoms. The van der Waals surface area contributed by atoms with Gasteiger partial charge in [-0.05, 0) is 98.4 Å². The Morgan fingerprint density at radius 1 is 0.944 bits per heavy atom. The van der Waals surface area contributed by atoms with Gasteiger partial charge in [-0.25, -0.2) is 0 Å². The number of benzene rings is 2. The van der Waals surface area contributed by atoms with E-state index < -0.39 is 0 Å². The molecule has 6 nitrogen and oxygen atoms in total. The van der Waals surface area contributed by atoms with Crippen LogP contribution < -0.4 is 19.9 Å². The fourth-order valence-corrected chi connectivity index (χ4v) is 5.42. The molecule has 0 amide bonds. The van der Waals surface area contributed by atoms with Crippen LogP contribution in [0.5, 0.6) is 5.75 Å². The summed E-state index contributed by atoms with van der Waals surface area (Å²) >= 11 is 5.90. The van der Waals surface area contributed by atoms with E-state index in [0.717, 1.165) is 22.8 Å². The summed E-state index contributed by atoms with van der Waals surface area (Å²) < 4.78 is 7.70. The first-order chi connectivity index (χ1) is 17.4. The van der Waals surface area contributed by atoms with E-state index in [1.165, 1.54) is 22.6 Å². The van der Waals surface area contributed by atoms with Crippen LogP contribution in [0.2, 0.25) is 0 Å². The Labute approximate surface area is 218 Å². The lowest BCUT2D eigenvalue weighted by atomic mass is 9.96. The number of methoxy groups -OCH3 is 1. The van der Waals surface area contributed by atoms with Crippen molar-refractivity contribution in [2.75, 3.05) is 31.0 Å². The van der Waals surface area contributed by atoms with Gasteiger partial charge in [0, 0.05) is 48.7 Å². The van der Waals surface area contributed by atoms with Crippen LogP contribution in [0.25, 0.3) is 5.69 Å². The molecule has 2 atom stereocenters. The van der Waals surface area contributed by atoms with Crippen molar-refractivity contribution in [2.24, 2.45) is 0 Å². The minimum absolute atomic E-state index is 0.0678. The lowest BCUT2D eigenvalue weighted by Gasteiger charge is -2.28. The van der Waals surface area contributed by atoms with Gasteiger partial charge in [-0.1, -0.05) is 6.07 Å². The first-order valence-corrected chi connectivity index (χ1v) is 12.4. The number of pyridine rings is 1. The van der Waals surface area contributed by atoms with Gasteiger partial charge in [-0.15, -0.1) is 0 Å². The van der Waals surface area contributed by atoms with E-state index in [1.54, 1.807) is 7.11 Å². The van der Waals surface area contributed by atoms with Crippen LogP contribution in [-0.2, 0) is 0 Å². The lowest BCUT2D eigenvalue weighted by Crippen LogP contribution is -2.29. The van der Waals surface area contributed by atoms with Crippen molar-refractivity contribution >= 4 is 28.7 Å². The quantitative estimate of drug-likeness (QED) is 0.343. The highest BCUT2D eigenvalue weighted by Crippen LogP contribution is 2.44. The van der Waals surface area contributed by atoms with Crippen molar-refractivity contribution in [3.05, 3.63) is 102 Å². The Kier molecular flexibility index (Phi) is 6.41. The van der Waals surface area contributed by atoms with E-state index in [-0.39, 0.29) is 12.1 Å². The fraction of sp³-hybridized carbons (Fsp3) is 0.241. The summed E-state index contributed by atoms with van der Waals surface area (Å²) in [6, 6.07) is 24.9. The first kappa shape index (κ1) is 23.9. The first-order valence-electron chi connectivity index (χ1n) is 12.0. The Hall–Kier alpha value is -3.84. The molecule has 0 radical (unpaired) electrons. The number of rotatable bonds is 6. The third kappa shape index (κ3) is 4.20. The minimum atomic E-state index is -0.0918. The summed E-state index contributed by atoms with van der Waals surface area (Å²) in [6.45, 7) is 4.34. The van der Waals surface area contributed by atoms with Crippen LogP contribution in [-0.4, -0.2) is 35.9 Å². The molecule has 0 saturated carbocycles. The number of ether oxygens (including phenoxy) is 1. The van der Waals surface area contributed by atoms with Gasteiger partial charge >= 0.3 is 0 Å². The van der Waals surface area contributed by atoms with Gasteiger partial charge in [0.2, 0.25) is 0 Å². The third-order valence-corrected chi connectivity index (χ3v) is 7.18. The number of aromatic nitrogens is 2. The predicted octanol–water partition coefficient (Wildman–Crippen LogP) is 5.74. The van der Waals surface area contributed by atoms with E-state index in [1.807, 2.05) is 30.5 Å². The van der Waals surface area contributed by atoms with Crippen molar-refractivity contribution in [3.8, 4) is 11.4 Å². The number of hydrogen-bond donors (Lipinski definition) is 1. The van der Waals surface area contributed by atoms with Crippen LogP contribution in [0.4, 0.5) is 11.4 Å². The molecule has 1 aliphatic rings. The Balaban J connectivity index is 1.63. The molecule has 4 aromatic rings. The van der Waals surface area contributed by atoms with Crippen LogP contribution >= 0.6 is 12.2 Å². The average molecular weight is 498 g/mol. The number of thiocarbonyl (C=S) groups is 1. The molecule has 2 aromatic heterocycles. The van der Waals surface area contributed by atoms with Crippen molar-refractivity contribution in [3.63, 3.8) is 0 Å². The van der Waals surface area contributed by atoms with Crippen LogP contribution in [0.3, 0.4) is 0 Å². The number of nitrogens with one attached hydrogen (secondary N) is 1. The van der Waals surface area contributed by atoms with E-state index in [2.05, 4.69) is 101 Å². The molecule has 7 heteroatoms. The highest BCUT2D eigenvalue weighted by molar-refractivity contribution is 7.80. The molecule has 5 rings (SSSR count). The van der Waals surface area contributed by atoms with Gasteiger partial charge in [0.05, 0.1) is 24.9 Å². The molecule has 0 aliphatic carbocycles. The van der Waals surface area contributed by atoms with Gasteiger partial charge < -0.3 is 24.4 Å². The van der Waals surface area contributed by atoms with Gasteiger partial charge in [-0.3, -0.25) is 4.98 Å². The maximum Gasteiger partial charge on any atom is 0.174 e. The largest absolute Gasteiger partial charge is 0.497 e. The number of nitrogens with zero attached hydrogens (tertiary/aromatic N) is 4. The zero-order chi connectivity index (χ0) is 25.4. The highest BCUT2D eigenvalue weighted by Gasteiger charge is 2.42. The zero-order valence-corrected chi connectivity index (χ0v) is 22.1. The SMILES string of the molecule is COc1ccc(N2C(=S)N[C@@H](c3ccccn3)[C@@H]2c2cc(C)n(-c3ccc(N(C)C)cc3)c2C)cc1. The molecular weight excluding hydrogens is 466 g/mol. The molecule has 1 fully saturated rings. The van der Waals surface area contributed by atoms with Crippen molar-refractivity contribution in [1.29, 1.82) is 0 Å². The van der Waals surface area contributed by atoms with Crippen LogP contribution in [0, 0.1) is 13.8 Å². The van der Waals surface area contributed by atoms with Crippen LogP contribution in [0.15, 0.2) is 79.0 Å². The summed E-state index contributed by atoms with van der Waals surface area (Å²) in [7, 11) is 5.79. The van der Waals surface area contributed by atoms with Gasteiger partial charge in [-0.2, -0.15) is 0 Å². The highest BCUT2D eigenvalue weighted by atomic mass is 32.1. The molecule has 36 heavy (non-hydrogen) atoms. The number of hydrogen-bond acceptors (Lipinski definition) is 4. The fourth-order valence-electron chi connectivity index (χ4n) is 5.08. The summed E-state index contributed by atoms with van der Waals surface area (Å²) in [4.78, 5) is 9.00. The molecule has 1 aliphatic heterocycles. The standard InChI is InChI=1S/C29H31N5OS/c1-19-18-25(20(2)33(19)22-11-9-21(10-12-22)32(3)4)28-27(26-8-6-7-17-30-26)31-29(36)34(28)23-13-15-24(35-5)16-14-23/h6-18,27-28H,1-5H3,(H,31,36)/t27-,28-/m0/s1. The topological polar surface area (TPSA) is 45.6 Å². The molecule has 1 saturated heterocycles. The average Bonchev–Trinajstić information content (AvgIpc) is 3.39. The van der Waals surface area contributed by atoms with Gasteiger partial charge in [0.15, 0.2) is 5.11 Å². The summed E-state index contributed by atoms with van der Waals surface area (Å²) in [5, 5.41) is 4.24. The van der Waals surface area contributed by atoms with E-state index in [9.17, 15) is 0 Å². The summed E-state index contributed by atoms with van der Waals surface area (Å²) in [6.07, 6.45) is 1.84. The molecule has 0 bridgehead atoms. The van der Waals surface area contributed by atoms with E-state index in [4.69, 9.17) is 17.0 Å². The van der Waals surface area contributed by atoms with E-state index >= 15 is 0 Å². The second-order valence-corrected chi connectivity index (χ2v) is 9.65. The smallest absolute Gasteiger partial charge is 0.174 e. The van der Waals surface area contributed by atoms with Crippen molar-refractivity contribution < 1.29 is 4.74 Å². The lowest BCUT2D eigenvalue weighted by molar-refractivity contribution is 0.415. The third-order valence-electron chi connectivity index (χ3n) is 6.86. The Morgan fingerprint density at radius 3 is 2.25 bits per heavy atom. The molecular formula is C29H31N5OS. The number of anilines is 2. The predicted molar refractivity (Wildman–Crippen MR) is 150 cm³/mol. The molecule has 0 unspecified atom stereocenters. The molecule has 2 aromatic carbocycles. The molecule has 1 N–H and O–H groups in total. The monoisotopic (exact) mass is 497 g/mol. The maximum absolute atomic E-state index is 5.90. The van der Waals surface area contributed by atoms with Gasteiger partial charge in [0.1, 0.15) is 5.75 Å². The number of aryl methyl sites for hydroxylation is 1. The van der Waals surface area contributed by atoms with Crippen molar-refractivity contribution in [1.82, 2.24) is 14.9 Å². The van der Waals surface area contributed by atoms with E-state index in [0.29, 0.717) is 5.11 Å².